The number of benzene rings is 1. The first-order chi connectivity index (χ1) is 21.2. The number of carbonyl (C=O) groups excluding carboxylic acids is 5. The first-order valence-electron chi connectivity index (χ1n) is 14.4. The highest BCUT2D eigenvalue weighted by Gasteiger charge is 2.57. The fourth-order valence-corrected chi connectivity index (χ4v) is 5.21. The number of hydrogen-bond acceptors (Lipinski definition) is 9. The van der Waals surface area contributed by atoms with Crippen LogP contribution in [-0.4, -0.2) is 83.6 Å². The molecule has 2 aromatic rings. The number of esters is 1. The monoisotopic (exact) mass is 620 g/mol. The zero-order valence-electron chi connectivity index (χ0n) is 25.9. The van der Waals surface area contributed by atoms with Gasteiger partial charge in [-0.25, -0.2) is 19.5 Å². The van der Waals surface area contributed by atoms with Gasteiger partial charge in [-0.2, -0.15) is 0 Å². The molecule has 1 aromatic carbocycles. The molecule has 4 heterocycles. The molecule has 5 rings (SSSR count). The zero-order chi connectivity index (χ0) is 32.7. The van der Waals surface area contributed by atoms with Gasteiger partial charge in [-0.1, -0.05) is 12.6 Å². The number of fused-ring (bicyclic) bond motifs is 1. The third-order valence-electron chi connectivity index (χ3n) is 7.82. The molecule has 0 aliphatic carbocycles. The number of hydrogen-bond donors (Lipinski definition) is 2. The van der Waals surface area contributed by atoms with E-state index in [2.05, 4.69) is 22.2 Å². The van der Waals surface area contributed by atoms with Gasteiger partial charge in [0.2, 0.25) is 0 Å². The first-order valence-corrected chi connectivity index (χ1v) is 14.4. The minimum Gasteiger partial charge on any atom is -0.497 e. The number of ether oxygens (including phenoxy) is 3. The summed E-state index contributed by atoms with van der Waals surface area (Å²) in [6.07, 6.45) is 0.763. The second kappa shape index (κ2) is 11.7. The van der Waals surface area contributed by atoms with Crippen molar-refractivity contribution in [2.75, 3.05) is 38.4 Å². The van der Waals surface area contributed by atoms with Crippen LogP contribution in [0.2, 0.25) is 0 Å². The Bertz CT molecular complexity index is 1600. The summed E-state index contributed by atoms with van der Waals surface area (Å²) in [6, 6.07) is 7.19. The number of pyridine rings is 1. The number of nitrogens with zero attached hydrogens (tertiary/aromatic N) is 4. The summed E-state index contributed by atoms with van der Waals surface area (Å²) in [6.45, 7) is 10.9. The molecule has 0 radical (unpaired) electrons. The molecule has 2 N–H and O–H groups in total. The Hall–Kier alpha value is -5.14. The normalized spacial score (nSPS) is 19.7. The third kappa shape index (κ3) is 5.87. The molecule has 1 atom stereocenters. The molecule has 45 heavy (non-hydrogen) atoms. The summed E-state index contributed by atoms with van der Waals surface area (Å²) in [5, 5.41) is 5.43. The predicted molar refractivity (Wildman–Crippen MR) is 160 cm³/mol. The number of carbonyl (C=O) groups is 5. The summed E-state index contributed by atoms with van der Waals surface area (Å²) >= 11 is 0. The Morgan fingerprint density at radius 2 is 1.87 bits per heavy atom. The van der Waals surface area contributed by atoms with E-state index in [0.29, 0.717) is 41.5 Å². The van der Waals surface area contributed by atoms with Gasteiger partial charge < -0.3 is 29.7 Å². The minimum atomic E-state index is -1.94. The van der Waals surface area contributed by atoms with Crippen LogP contribution in [0.3, 0.4) is 0 Å². The number of nitrogens with one attached hydrogen (secondary N) is 2. The summed E-state index contributed by atoms with van der Waals surface area (Å²) in [5.41, 5.74) is -1.30. The molecule has 14 heteroatoms. The lowest BCUT2D eigenvalue weighted by atomic mass is 9.96. The van der Waals surface area contributed by atoms with Crippen molar-refractivity contribution >= 4 is 35.7 Å². The lowest BCUT2D eigenvalue weighted by Gasteiger charge is -2.32. The average Bonchev–Trinajstić information content (AvgIpc) is 3.43. The number of aryl methyl sites for hydroxylation is 1. The van der Waals surface area contributed by atoms with Crippen LogP contribution in [-0.2, 0) is 20.9 Å². The van der Waals surface area contributed by atoms with Crippen molar-refractivity contribution in [1.29, 1.82) is 0 Å². The Kier molecular flexibility index (Phi) is 8.17. The van der Waals surface area contributed by atoms with Gasteiger partial charge in [-0.05, 0) is 63.9 Å². The van der Waals surface area contributed by atoms with E-state index in [9.17, 15) is 24.0 Å². The minimum absolute atomic E-state index is 0.155. The van der Waals surface area contributed by atoms with Crippen molar-refractivity contribution in [1.82, 2.24) is 25.4 Å². The molecule has 14 nitrogen and oxygen atoms in total. The van der Waals surface area contributed by atoms with Gasteiger partial charge in [0.05, 0.1) is 24.8 Å². The van der Waals surface area contributed by atoms with Crippen molar-refractivity contribution in [3.63, 3.8) is 0 Å². The molecule has 2 fully saturated rings. The number of imide groups is 1. The number of amides is 6. The molecule has 238 valence electrons. The van der Waals surface area contributed by atoms with Crippen molar-refractivity contribution < 1.29 is 38.2 Å². The van der Waals surface area contributed by atoms with Gasteiger partial charge in [0.1, 0.15) is 23.1 Å². The van der Waals surface area contributed by atoms with E-state index < -0.39 is 35.6 Å². The molecule has 0 saturated carbocycles. The van der Waals surface area contributed by atoms with Crippen LogP contribution in [0.15, 0.2) is 42.7 Å². The van der Waals surface area contributed by atoms with E-state index in [0.717, 1.165) is 11.3 Å². The molecular weight excluding hydrogens is 584 g/mol. The SMILES string of the molecule is C=C(Oc1ccc(N2CCCNC2=O)nc1C)[C@]1(CN2Cc3ccc(OC)cc3C2=O)NC(=O)N(COC(=O)C(C)(C)C)C1=O. The molecule has 6 amide bonds. The molecule has 2 saturated heterocycles. The number of anilines is 1. The van der Waals surface area contributed by atoms with Crippen LogP contribution in [0, 0.1) is 12.3 Å². The third-order valence-corrected chi connectivity index (χ3v) is 7.82. The average molecular weight is 621 g/mol. The standard InChI is InChI=1S/C31H36N6O8/c1-18-23(10-11-24(33-18)36-13-7-12-32-28(36)41)45-19(2)31(16-35-15-20-8-9-21(43-6)14-22(20)25(35)38)26(39)37(29(42)34-31)17-44-27(40)30(3,4)5/h8-11,14H,2,7,12-13,15-17H2,1,3-6H3,(H,32,41)(H,34,42)/t31-/m0/s1. The number of rotatable bonds is 9. The van der Waals surface area contributed by atoms with E-state index in [4.69, 9.17) is 14.2 Å². The molecule has 0 spiro atoms. The maximum absolute atomic E-state index is 14.1. The first kappa shape index (κ1) is 31.3. The van der Waals surface area contributed by atoms with Gasteiger partial charge in [0, 0.05) is 25.2 Å². The van der Waals surface area contributed by atoms with E-state index in [1.54, 1.807) is 58.0 Å². The highest BCUT2D eigenvalue weighted by molar-refractivity contribution is 6.09. The molecule has 3 aliphatic rings. The van der Waals surface area contributed by atoms with Crippen molar-refractivity contribution in [2.24, 2.45) is 5.41 Å². The van der Waals surface area contributed by atoms with E-state index in [1.165, 1.54) is 16.9 Å². The van der Waals surface area contributed by atoms with E-state index in [-0.39, 0.29) is 36.5 Å². The topological polar surface area (TPSA) is 160 Å². The molecule has 1 aromatic heterocycles. The second-order valence-corrected chi connectivity index (χ2v) is 12.1. The van der Waals surface area contributed by atoms with Crippen LogP contribution in [0.5, 0.6) is 11.5 Å². The maximum atomic E-state index is 14.1. The lowest BCUT2D eigenvalue weighted by Crippen LogP contribution is -2.57. The van der Waals surface area contributed by atoms with Crippen LogP contribution in [0.25, 0.3) is 0 Å². The largest absolute Gasteiger partial charge is 0.497 e. The number of urea groups is 2. The van der Waals surface area contributed by atoms with E-state index >= 15 is 0 Å². The highest BCUT2D eigenvalue weighted by Crippen LogP contribution is 2.34. The summed E-state index contributed by atoms with van der Waals surface area (Å²) in [5.74, 6) is -0.840. The summed E-state index contributed by atoms with van der Waals surface area (Å²) in [4.78, 5) is 73.7. The van der Waals surface area contributed by atoms with Crippen molar-refractivity contribution in [3.8, 4) is 11.5 Å². The van der Waals surface area contributed by atoms with Crippen LogP contribution in [0.4, 0.5) is 15.4 Å². The van der Waals surface area contributed by atoms with Gasteiger partial charge >= 0.3 is 18.0 Å². The van der Waals surface area contributed by atoms with Gasteiger partial charge in [0.15, 0.2) is 12.3 Å². The fourth-order valence-electron chi connectivity index (χ4n) is 5.21. The molecular formula is C31H36N6O8. The summed E-state index contributed by atoms with van der Waals surface area (Å²) in [7, 11) is 1.49. The molecule has 0 unspecified atom stereocenters. The van der Waals surface area contributed by atoms with Crippen LogP contribution in [0.1, 0.15) is 48.8 Å². The zero-order valence-corrected chi connectivity index (χ0v) is 25.9. The number of methoxy groups -OCH3 is 1. The van der Waals surface area contributed by atoms with Gasteiger partial charge in [0.25, 0.3) is 11.8 Å². The van der Waals surface area contributed by atoms with Crippen molar-refractivity contribution in [2.45, 2.75) is 46.2 Å². The van der Waals surface area contributed by atoms with Crippen LogP contribution < -0.4 is 25.0 Å². The van der Waals surface area contributed by atoms with Gasteiger partial charge in [-0.3, -0.25) is 19.3 Å². The van der Waals surface area contributed by atoms with Gasteiger partial charge in [-0.15, -0.1) is 0 Å². The maximum Gasteiger partial charge on any atom is 0.328 e. The Morgan fingerprint density at radius 3 is 2.53 bits per heavy atom. The molecule has 0 bridgehead atoms. The Morgan fingerprint density at radius 1 is 1.11 bits per heavy atom. The highest BCUT2D eigenvalue weighted by atomic mass is 16.5. The van der Waals surface area contributed by atoms with E-state index in [1.807, 2.05) is 0 Å². The Balaban J connectivity index is 1.43. The Labute approximate surface area is 260 Å². The number of aromatic nitrogens is 1. The second-order valence-electron chi connectivity index (χ2n) is 12.1. The quantitative estimate of drug-likeness (QED) is 0.244. The lowest BCUT2D eigenvalue weighted by molar-refractivity contribution is -0.158. The fraction of sp³-hybridized carbons (Fsp3) is 0.419. The molecule has 3 aliphatic heterocycles. The predicted octanol–water partition coefficient (Wildman–Crippen LogP) is 2.70. The van der Waals surface area contributed by atoms with Crippen molar-refractivity contribution in [3.05, 3.63) is 59.5 Å². The summed E-state index contributed by atoms with van der Waals surface area (Å²) < 4.78 is 16.7. The van der Waals surface area contributed by atoms with Crippen LogP contribution >= 0.6 is 0 Å². The smallest absolute Gasteiger partial charge is 0.328 e.